The summed E-state index contributed by atoms with van der Waals surface area (Å²) in [6, 6.07) is 7.39. The van der Waals surface area contributed by atoms with Crippen LogP contribution in [0.5, 0.6) is 0 Å². The first-order chi connectivity index (χ1) is 7.58. The fourth-order valence-corrected chi connectivity index (χ4v) is 1.70. The number of aryl methyl sites for hydroxylation is 1. The number of pyridine rings is 1. The van der Waals surface area contributed by atoms with Gasteiger partial charge in [0.05, 0.1) is 0 Å². The third kappa shape index (κ3) is 1.82. The first kappa shape index (κ1) is 10.4. The number of amides is 1. The minimum Gasteiger partial charge on any atom is -0.368 e. The van der Waals surface area contributed by atoms with Crippen LogP contribution in [0.4, 0.5) is 0 Å². The molecule has 0 radical (unpaired) electrons. The summed E-state index contributed by atoms with van der Waals surface area (Å²) in [6.45, 7) is 1.89. The summed E-state index contributed by atoms with van der Waals surface area (Å²) in [5, 5.41) is 1.49. The van der Waals surface area contributed by atoms with E-state index in [1.54, 1.807) is 12.3 Å². The summed E-state index contributed by atoms with van der Waals surface area (Å²) in [4.78, 5) is 22.7. The van der Waals surface area contributed by atoms with Gasteiger partial charge in [0.1, 0.15) is 6.54 Å². The van der Waals surface area contributed by atoms with E-state index >= 15 is 0 Å². The van der Waals surface area contributed by atoms with Gasteiger partial charge in [0, 0.05) is 11.6 Å². The van der Waals surface area contributed by atoms with Crippen LogP contribution < -0.4 is 11.3 Å². The van der Waals surface area contributed by atoms with Crippen LogP contribution in [0, 0.1) is 6.92 Å². The molecule has 0 spiro atoms. The lowest BCUT2D eigenvalue weighted by Gasteiger charge is -2.05. The number of carbonyl (C=O) groups excluding carboxylic acids is 1. The topological polar surface area (TPSA) is 65.1 Å². The van der Waals surface area contributed by atoms with Crippen molar-refractivity contribution in [2.75, 3.05) is 0 Å². The lowest BCUT2D eigenvalue weighted by molar-refractivity contribution is -0.118. The Morgan fingerprint density at radius 2 is 2.12 bits per heavy atom. The maximum atomic E-state index is 11.9. The van der Waals surface area contributed by atoms with E-state index < -0.39 is 5.91 Å². The van der Waals surface area contributed by atoms with Crippen molar-refractivity contribution in [2.45, 2.75) is 13.5 Å². The molecule has 0 saturated carbocycles. The number of fused-ring (bicyclic) bond motifs is 1. The molecule has 2 N–H and O–H groups in total. The molecule has 1 aromatic carbocycles. The average molecular weight is 216 g/mol. The molecule has 0 aliphatic carbocycles. The molecular weight excluding hydrogens is 204 g/mol. The van der Waals surface area contributed by atoms with Gasteiger partial charge in [0.25, 0.3) is 5.56 Å². The SMILES string of the molecule is Cc1ccc2c(=O)n(CC(N)=O)ccc2c1. The molecule has 2 rings (SSSR count). The number of hydrogen-bond acceptors (Lipinski definition) is 2. The number of carbonyl (C=O) groups is 1. The molecule has 1 heterocycles. The smallest absolute Gasteiger partial charge is 0.258 e. The predicted molar refractivity (Wildman–Crippen MR) is 62.1 cm³/mol. The van der Waals surface area contributed by atoms with Crippen molar-refractivity contribution < 1.29 is 4.79 Å². The molecule has 0 bridgehead atoms. The monoisotopic (exact) mass is 216 g/mol. The summed E-state index contributed by atoms with van der Waals surface area (Å²) in [6.07, 6.45) is 1.59. The molecule has 1 aromatic heterocycles. The molecule has 16 heavy (non-hydrogen) atoms. The van der Waals surface area contributed by atoms with Crippen LogP contribution in [-0.2, 0) is 11.3 Å². The summed E-state index contributed by atoms with van der Waals surface area (Å²) in [7, 11) is 0. The normalized spacial score (nSPS) is 10.6. The van der Waals surface area contributed by atoms with Gasteiger partial charge in [-0.2, -0.15) is 0 Å². The highest BCUT2D eigenvalue weighted by Crippen LogP contribution is 2.11. The minimum atomic E-state index is -0.520. The van der Waals surface area contributed by atoms with E-state index in [0.717, 1.165) is 10.9 Å². The summed E-state index contributed by atoms with van der Waals surface area (Å²) in [5.41, 5.74) is 5.98. The molecule has 0 aliphatic heterocycles. The Morgan fingerprint density at radius 1 is 1.38 bits per heavy atom. The van der Waals surface area contributed by atoms with Gasteiger partial charge in [-0.3, -0.25) is 9.59 Å². The second kappa shape index (κ2) is 3.81. The van der Waals surface area contributed by atoms with Crippen LogP contribution in [-0.4, -0.2) is 10.5 Å². The molecule has 4 nitrogen and oxygen atoms in total. The van der Waals surface area contributed by atoms with Gasteiger partial charge in [-0.25, -0.2) is 0 Å². The van der Waals surface area contributed by atoms with Crippen molar-refractivity contribution in [1.82, 2.24) is 4.57 Å². The number of hydrogen-bond donors (Lipinski definition) is 1. The average Bonchev–Trinajstić information content (AvgIpc) is 2.22. The number of primary amides is 1. The summed E-state index contributed by atoms with van der Waals surface area (Å²) >= 11 is 0. The van der Waals surface area contributed by atoms with Crippen molar-refractivity contribution in [3.8, 4) is 0 Å². The molecule has 0 fully saturated rings. The summed E-state index contributed by atoms with van der Waals surface area (Å²) < 4.78 is 1.32. The molecule has 1 amide bonds. The number of aromatic nitrogens is 1. The number of nitrogens with zero attached hydrogens (tertiary/aromatic N) is 1. The van der Waals surface area contributed by atoms with Crippen LogP contribution in [0.1, 0.15) is 5.56 Å². The van der Waals surface area contributed by atoms with E-state index in [0.29, 0.717) is 5.39 Å². The molecule has 0 unspecified atom stereocenters. The van der Waals surface area contributed by atoms with Crippen molar-refractivity contribution in [1.29, 1.82) is 0 Å². The maximum Gasteiger partial charge on any atom is 0.258 e. The van der Waals surface area contributed by atoms with Crippen LogP contribution >= 0.6 is 0 Å². The van der Waals surface area contributed by atoms with Crippen molar-refractivity contribution >= 4 is 16.7 Å². The maximum absolute atomic E-state index is 11.9. The second-order valence-electron chi connectivity index (χ2n) is 3.81. The van der Waals surface area contributed by atoms with E-state index in [9.17, 15) is 9.59 Å². The minimum absolute atomic E-state index is 0.0807. The van der Waals surface area contributed by atoms with Gasteiger partial charge >= 0.3 is 0 Å². The zero-order chi connectivity index (χ0) is 11.7. The molecule has 82 valence electrons. The quantitative estimate of drug-likeness (QED) is 0.806. The highest BCUT2D eigenvalue weighted by Gasteiger charge is 2.04. The Morgan fingerprint density at radius 3 is 2.81 bits per heavy atom. The molecule has 2 aromatic rings. The van der Waals surface area contributed by atoms with Crippen molar-refractivity contribution in [3.63, 3.8) is 0 Å². The third-order valence-electron chi connectivity index (χ3n) is 2.46. The zero-order valence-electron chi connectivity index (χ0n) is 8.93. The van der Waals surface area contributed by atoms with E-state index in [1.807, 2.05) is 25.1 Å². The Labute approximate surface area is 92.3 Å². The molecule has 0 aliphatic rings. The standard InChI is InChI=1S/C12H12N2O2/c1-8-2-3-10-9(6-8)4-5-14(12(10)16)7-11(13)15/h2-6H,7H2,1H3,(H2,13,15). The summed E-state index contributed by atoms with van der Waals surface area (Å²) in [5.74, 6) is -0.520. The number of rotatable bonds is 2. The van der Waals surface area contributed by atoms with Crippen molar-refractivity contribution in [3.05, 3.63) is 46.4 Å². The fraction of sp³-hybridized carbons (Fsp3) is 0.167. The first-order valence-corrected chi connectivity index (χ1v) is 4.96. The lowest BCUT2D eigenvalue weighted by atomic mass is 10.1. The number of nitrogens with two attached hydrogens (primary N) is 1. The van der Waals surface area contributed by atoms with Crippen LogP contribution in [0.3, 0.4) is 0 Å². The lowest BCUT2D eigenvalue weighted by Crippen LogP contribution is -2.27. The Bertz CT molecular complexity index is 614. The predicted octanol–water partition coefficient (Wildman–Crippen LogP) is 0.795. The fourth-order valence-electron chi connectivity index (χ4n) is 1.70. The van der Waals surface area contributed by atoms with Crippen LogP contribution in [0.15, 0.2) is 35.3 Å². The largest absolute Gasteiger partial charge is 0.368 e. The second-order valence-corrected chi connectivity index (χ2v) is 3.81. The molecule has 4 heteroatoms. The van der Waals surface area contributed by atoms with E-state index in [1.165, 1.54) is 4.57 Å². The van der Waals surface area contributed by atoms with Gasteiger partial charge in [-0.1, -0.05) is 17.7 Å². The Kier molecular flexibility index (Phi) is 2.48. The molecule has 0 atom stereocenters. The van der Waals surface area contributed by atoms with Crippen LogP contribution in [0.25, 0.3) is 10.8 Å². The highest BCUT2D eigenvalue weighted by atomic mass is 16.2. The molecule has 0 saturated heterocycles. The van der Waals surface area contributed by atoms with Gasteiger partial charge in [0.15, 0.2) is 0 Å². The van der Waals surface area contributed by atoms with E-state index in [4.69, 9.17) is 5.73 Å². The van der Waals surface area contributed by atoms with Gasteiger partial charge in [-0.05, 0) is 24.4 Å². The van der Waals surface area contributed by atoms with Gasteiger partial charge in [0.2, 0.25) is 5.91 Å². The van der Waals surface area contributed by atoms with Gasteiger partial charge in [-0.15, -0.1) is 0 Å². The first-order valence-electron chi connectivity index (χ1n) is 4.96. The third-order valence-corrected chi connectivity index (χ3v) is 2.46. The Hall–Kier alpha value is -2.10. The zero-order valence-corrected chi connectivity index (χ0v) is 8.93. The van der Waals surface area contributed by atoms with E-state index in [-0.39, 0.29) is 12.1 Å². The van der Waals surface area contributed by atoms with Crippen LogP contribution in [0.2, 0.25) is 0 Å². The highest BCUT2D eigenvalue weighted by molar-refractivity contribution is 5.82. The Balaban J connectivity index is 2.66. The molecular formula is C12H12N2O2. The van der Waals surface area contributed by atoms with Gasteiger partial charge < -0.3 is 10.3 Å². The number of benzene rings is 1. The van der Waals surface area contributed by atoms with E-state index in [2.05, 4.69) is 0 Å². The van der Waals surface area contributed by atoms with Crippen molar-refractivity contribution in [2.24, 2.45) is 5.73 Å².